The average molecular weight is 314 g/mol. The van der Waals surface area contributed by atoms with Gasteiger partial charge in [0.25, 0.3) is 0 Å². The molecule has 0 bridgehead atoms. The molecule has 3 rings (SSSR count). The number of aryl methyl sites for hydroxylation is 1. The zero-order chi connectivity index (χ0) is 16.2. The van der Waals surface area contributed by atoms with Crippen LogP contribution in [-0.4, -0.2) is 27.0 Å². The smallest absolute Gasteiger partial charge is 0.315 e. The van der Waals surface area contributed by atoms with Gasteiger partial charge in [-0.1, -0.05) is 30.3 Å². The molecule has 1 saturated carbocycles. The molecule has 6 heteroatoms. The lowest BCUT2D eigenvalue weighted by Gasteiger charge is -2.37. The van der Waals surface area contributed by atoms with Crippen molar-refractivity contribution in [2.45, 2.75) is 31.5 Å². The Morgan fingerprint density at radius 3 is 2.74 bits per heavy atom. The summed E-state index contributed by atoms with van der Waals surface area (Å²) in [6.45, 7) is 0.486. The fraction of sp³-hybridized carbons (Fsp3) is 0.412. The van der Waals surface area contributed by atoms with E-state index in [1.807, 2.05) is 43.6 Å². The number of aliphatic hydroxyl groups is 1. The third kappa shape index (κ3) is 3.90. The number of aromatic nitrogens is 2. The first-order chi connectivity index (χ1) is 11.1. The van der Waals surface area contributed by atoms with E-state index in [0.29, 0.717) is 19.4 Å². The number of benzene rings is 1. The Morgan fingerprint density at radius 1 is 1.39 bits per heavy atom. The second-order valence-electron chi connectivity index (χ2n) is 6.12. The molecule has 0 unspecified atom stereocenters. The predicted octanol–water partition coefficient (Wildman–Crippen LogP) is 1.73. The predicted molar refractivity (Wildman–Crippen MR) is 86.5 cm³/mol. The highest BCUT2D eigenvalue weighted by atomic mass is 16.3. The van der Waals surface area contributed by atoms with Gasteiger partial charge in [0.1, 0.15) is 0 Å². The highest BCUT2D eigenvalue weighted by molar-refractivity contribution is 5.74. The first-order valence-electron chi connectivity index (χ1n) is 7.86. The van der Waals surface area contributed by atoms with Crippen LogP contribution in [0.1, 0.15) is 30.0 Å². The molecule has 0 spiro atoms. The minimum atomic E-state index is -0.256. The number of amides is 2. The summed E-state index contributed by atoms with van der Waals surface area (Å²) in [5.41, 5.74) is 2.03. The van der Waals surface area contributed by atoms with E-state index < -0.39 is 0 Å². The number of carbonyl (C=O) groups is 1. The van der Waals surface area contributed by atoms with E-state index in [4.69, 9.17) is 0 Å². The second-order valence-corrected chi connectivity index (χ2v) is 6.12. The number of urea groups is 1. The highest BCUT2D eigenvalue weighted by Gasteiger charge is 2.36. The first kappa shape index (κ1) is 15.6. The Balaban J connectivity index is 1.60. The van der Waals surface area contributed by atoms with Gasteiger partial charge in [-0.25, -0.2) is 4.79 Å². The lowest BCUT2D eigenvalue weighted by Crippen LogP contribution is -2.44. The van der Waals surface area contributed by atoms with E-state index in [0.717, 1.165) is 11.1 Å². The van der Waals surface area contributed by atoms with Crippen LogP contribution in [0, 0.1) is 5.92 Å². The van der Waals surface area contributed by atoms with Gasteiger partial charge in [0.2, 0.25) is 0 Å². The van der Waals surface area contributed by atoms with Crippen LogP contribution in [0.25, 0.3) is 0 Å². The average Bonchev–Trinajstić information content (AvgIpc) is 2.95. The number of hydrogen-bond acceptors (Lipinski definition) is 3. The van der Waals surface area contributed by atoms with E-state index in [1.165, 1.54) is 0 Å². The molecule has 2 amide bonds. The monoisotopic (exact) mass is 314 g/mol. The molecular formula is C17H22N4O2. The van der Waals surface area contributed by atoms with Crippen molar-refractivity contribution in [2.24, 2.45) is 13.0 Å². The molecule has 1 aliphatic rings. The number of nitrogens with one attached hydrogen (secondary N) is 2. The summed E-state index contributed by atoms with van der Waals surface area (Å²) < 4.78 is 1.72. The number of hydrogen-bond donors (Lipinski definition) is 3. The van der Waals surface area contributed by atoms with Crippen molar-refractivity contribution in [3.8, 4) is 0 Å². The summed E-state index contributed by atoms with van der Waals surface area (Å²) in [7, 11) is 1.85. The zero-order valence-electron chi connectivity index (χ0n) is 13.1. The molecule has 1 fully saturated rings. The van der Waals surface area contributed by atoms with Crippen molar-refractivity contribution in [2.75, 3.05) is 0 Å². The standard InChI is InChI=1S/C17H22N4O2/c1-21-11-14(10-19-21)16(13-7-15(22)8-13)20-17(23)18-9-12-5-3-2-4-6-12/h2-6,10-11,13,15-16,22H,7-9H2,1H3,(H2,18,20,23)/t13?,15?,16-/m0/s1. The molecule has 2 aromatic rings. The lowest BCUT2D eigenvalue weighted by molar-refractivity contribution is 0.0259. The van der Waals surface area contributed by atoms with Crippen LogP contribution in [0.3, 0.4) is 0 Å². The number of aliphatic hydroxyl groups excluding tert-OH is 1. The summed E-state index contributed by atoms with van der Waals surface area (Å²) in [4.78, 5) is 12.2. The van der Waals surface area contributed by atoms with E-state index in [1.54, 1.807) is 10.9 Å². The van der Waals surface area contributed by atoms with Gasteiger partial charge in [0, 0.05) is 25.4 Å². The van der Waals surface area contributed by atoms with Crippen molar-refractivity contribution in [3.05, 3.63) is 53.9 Å². The second kappa shape index (κ2) is 6.83. The van der Waals surface area contributed by atoms with Gasteiger partial charge in [-0.05, 0) is 24.3 Å². The van der Waals surface area contributed by atoms with Crippen LogP contribution in [0.5, 0.6) is 0 Å². The van der Waals surface area contributed by atoms with Gasteiger partial charge in [0.15, 0.2) is 0 Å². The quantitative estimate of drug-likeness (QED) is 0.786. The molecule has 0 radical (unpaired) electrons. The molecule has 122 valence electrons. The van der Waals surface area contributed by atoms with Crippen molar-refractivity contribution in [3.63, 3.8) is 0 Å². The van der Waals surface area contributed by atoms with Crippen molar-refractivity contribution in [1.29, 1.82) is 0 Å². The number of rotatable bonds is 5. The van der Waals surface area contributed by atoms with Crippen LogP contribution in [-0.2, 0) is 13.6 Å². The summed E-state index contributed by atoms with van der Waals surface area (Å²) in [5.74, 6) is 0.247. The lowest BCUT2D eigenvalue weighted by atomic mass is 9.75. The third-order valence-corrected chi connectivity index (χ3v) is 4.29. The molecular weight excluding hydrogens is 292 g/mol. The first-order valence-corrected chi connectivity index (χ1v) is 7.86. The van der Waals surface area contributed by atoms with Gasteiger partial charge in [0.05, 0.1) is 18.3 Å². The molecule has 1 aliphatic carbocycles. The normalized spacial score (nSPS) is 21.3. The van der Waals surface area contributed by atoms with Crippen molar-refractivity contribution in [1.82, 2.24) is 20.4 Å². The Kier molecular flexibility index (Phi) is 4.62. The Bertz CT molecular complexity index is 650. The van der Waals surface area contributed by atoms with Gasteiger partial charge in [-0.2, -0.15) is 5.10 Å². The summed E-state index contributed by atoms with van der Waals surface area (Å²) >= 11 is 0. The van der Waals surface area contributed by atoms with Crippen LogP contribution in [0.15, 0.2) is 42.7 Å². The van der Waals surface area contributed by atoms with E-state index in [-0.39, 0.29) is 24.1 Å². The molecule has 3 N–H and O–H groups in total. The van der Waals surface area contributed by atoms with Crippen molar-refractivity contribution >= 4 is 6.03 Å². The molecule has 0 saturated heterocycles. The van der Waals surface area contributed by atoms with E-state index >= 15 is 0 Å². The Morgan fingerprint density at radius 2 is 2.13 bits per heavy atom. The number of nitrogens with zero attached hydrogens (tertiary/aromatic N) is 2. The molecule has 1 aromatic heterocycles. The van der Waals surface area contributed by atoms with Crippen LogP contribution < -0.4 is 10.6 Å². The maximum absolute atomic E-state index is 12.2. The van der Waals surface area contributed by atoms with E-state index in [2.05, 4.69) is 15.7 Å². The van der Waals surface area contributed by atoms with Gasteiger partial charge < -0.3 is 15.7 Å². The fourth-order valence-electron chi connectivity index (χ4n) is 2.95. The maximum atomic E-state index is 12.2. The SMILES string of the molecule is Cn1cc([C@@H](NC(=O)NCc2ccccc2)C2CC(O)C2)cn1. The number of carbonyl (C=O) groups excluding carboxylic acids is 1. The van der Waals surface area contributed by atoms with Gasteiger partial charge >= 0.3 is 6.03 Å². The van der Waals surface area contributed by atoms with E-state index in [9.17, 15) is 9.90 Å². The zero-order valence-corrected chi connectivity index (χ0v) is 13.1. The minimum absolute atomic E-state index is 0.122. The highest BCUT2D eigenvalue weighted by Crippen LogP contribution is 2.37. The maximum Gasteiger partial charge on any atom is 0.315 e. The summed E-state index contributed by atoms with van der Waals surface area (Å²) in [6, 6.07) is 9.46. The Hall–Kier alpha value is -2.34. The van der Waals surface area contributed by atoms with Crippen LogP contribution in [0.4, 0.5) is 4.79 Å². The van der Waals surface area contributed by atoms with Crippen LogP contribution >= 0.6 is 0 Å². The van der Waals surface area contributed by atoms with Crippen LogP contribution in [0.2, 0.25) is 0 Å². The summed E-state index contributed by atoms with van der Waals surface area (Å²) in [6.07, 6.45) is 4.84. The molecule has 1 aromatic carbocycles. The topological polar surface area (TPSA) is 79.2 Å². The van der Waals surface area contributed by atoms with Gasteiger partial charge in [-0.15, -0.1) is 0 Å². The molecule has 23 heavy (non-hydrogen) atoms. The fourth-order valence-corrected chi connectivity index (χ4v) is 2.95. The molecule has 1 atom stereocenters. The Labute approximate surface area is 135 Å². The largest absolute Gasteiger partial charge is 0.393 e. The van der Waals surface area contributed by atoms with Gasteiger partial charge in [-0.3, -0.25) is 4.68 Å². The third-order valence-electron chi connectivity index (χ3n) is 4.29. The molecule has 1 heterocycles. The minimum Gasteiger partial charge on any atom is -0.393 e. The molecule has 0 aliphatic heterocycles. The summed E-state index contributed by atoms with van der Waals surface area (Å²) in [5, 5.41) is 19.6. The van der Waals surface area contributed by atoms with Crippen molar-refractivity contribution < 1.29 is 9.90 Å². The molecule has 6 nitrogen and oxygen atoms in total.